The topological polar surface area (TPSA) is 113 Å². The van der Waals surface area contributed by atoms with Crippen molar-refractivity contribution >= 4 is 15.7 Å². The van der Waals surface area contributed by atoms with Crippen LogP contribution in [0.2, 0.25) is 0 Å². The SMILES string of the molecule is [2H]C([2H])([2H])Oc1ccc(-c2cc(=O)n(CC[C@](C)(C(=O)NOC3CCCCO3)S(C)(=O)=O)cc2F)cc1. The zero-order valence-electron chi connectivity index (χ0n) is 21.9. The van der Waals surface area contributed by atoms with Crippen molar-refractivity contribution in [3.8, 4) is 16.9 Å². The molecule has 1 aromatic heterocycles. The van der Waals surface area contributed by atoms with Crippen LogP contribution in [0.3, 0.4) is 0 Å². The molecule has 1 aliphatic rings. The quantitative estimate of drug-likeness (QED) is 0.527. The van der Waals surface area contributed by atoms with E-state index in [4.69, 9.17) is 18.4 Å². The number of sulfone groups is 1. The summed E-state index contributed by atoms with van der Waals surface area (Å²) in [5.74, 6) is -1.64. The van der Waals surface area contributed by atoms with Crippen LogP contribution in [-0.4, -0.2) is 49.8 Å². The molecule has 2 atom stereocenters. The largest absolute Gasteiger partial charge is 0.497 e. The van der Waals surface area contributed by atoms with Gasteiger partial charge in [0.25, 0.3) is 11.5 Å². The molecule has 1 amide bonds. The normalized spacial score (nSPS) is 19.9. The third-order valence-corrected chi connectivity index (χ3v) is 7.94. The number of ether oxygens (including phenoxy) is 2. The van der Waals surface area contributed by atoms with Gasteiger partial charge in [-0.1, -0.05) is 12.1 Å². The standard InChI is InChI=1S/C23H29FN2O7S/c1-23(34(3,29)30,22(28)25-33-21-6-4-5-13-32-21)11-12-26-15-19(24)18(14-20(26)27)16-7-9-17(31-2)10-8-16/h7-10,14-15,21H,4-6,11-13H2,1-3H3,(H,25,28)/t21?,23-/m1/s1/i2D3. The van der Waals surface area contributed by atoms with E-state index in [1.807, 2.05) is 0 Å². The van der Waals surface area contributed by atoms with Gasteiger partial charge in [-0.25, -0.2) is 23.1 Å². The van der Waals surface area contributed by atoms with Crippen LogP contribution < -0.4 is 15.8 Å². The maximum atomic E-state index is 14.9. The molecule has 1 aromatic carbocycles. The van der Waals surface area contributed by atoms with Gasteiger partial charge in [0.05, 0.1) is 11.2 Å². The molecule has 186 valence electrons. The second kappa shape index (κ2) is 10.7. The molecule has 1 unspecified atom stereocenters. The lowest BCUT2D eigenvalue weighted by Crippen LogP contribution is -2.51. The van der Waals surface area contributed by atoms with Crippen molar-refractivity contribution in [3.63, 3.8) is 0 Å². The Morgan fingerprint density at radius 2 is 2.09 bits per heavy atom. The number of aryl methyl sites for hydroxylation is 1. The van der Waals surface area contributed by atoms with Crippen molar-refractivity contribution in [1.29, 1.82) is 0 Å². The summed E-state index contributed by atoms with van der Waals surface area (Å²) in [4.78, 5) is 30.7. The van der Waals surface area contributed by atoms with Gasteiger partial charge in [-0.2, -0.15) is 0 Å². The molecular weight excluding hydrogens is 467 g/mol. The Morgan fingerprint density at radius 3 is 2.71 bits per heavy atom. The first kappa shape index (κ1) is 21.8. The Bertz CT molecular complexity index is 1280. The van der Waals surface area contributed by atoms with Crippen LogP contribution >= 0.6 is 0 Å². The van der Waals surface area contributed by atoms with Gasteiger partial charge in [0.2, 0.25) is 0 Å². The van der Waals surface area contributed by atoms with Crippen molar-refractivity contribution in [2.45, 2.75) is 50.2 Å². The Balaban J connectivity index is 1.75. The molecule has 0 spiro atoms. The summed E-state index contributed by atoms with van der Waals surface area (Å²) >= 11 is 0. The molecule has 9 nitrogen and oxygen atoms in total. The van der Waals surface area contributed by atoms with Crippen molar-refractivity contribution in [3.05, 3.63) is 52.7 Å². The highest BCUT2D eigenvalue weighted by Gasteiger charge is 2.44. The number of pyridine rings is 1. The molecule has 11 heteroatoms. The van der Waals surface area contributed by atoms with Crippen molar-refractivity contribution in [2.75, 3.05) is 19.9 Å². The van der Waals surface area contributed by atoms with Gasteiger partial charge in [0, 0.05) is 43.7 Å². The van der Waals surface area contributed by atoms with E-state index >= 15 is 0 Å². The Hall–Kier alpha value is -2.76. The molecule has 2 heterocycles. The van der Waals surface area contributed by atoms with E-state index in [-0.39, 0.29) is 24.3 Å². The number of carbonyl (C=O) groups is 1. The summed E-state index contributed by atoms with van der Waals surface area (Å²) in [6.45, 7) is 1.41. The van der Waals surface area contributed by atoms with Crippen LogP contribution in [0.5, 0.6) is 5.75 Å². The Labute approximate surface area is 201 Å². The fourth-order valence-electron chi connectivity index (χ4n) is 3.48. The summed E-state index contributed by atoms with van der Waals surface area (Å²) in [6, 6.07) is 6.53. The number of amides is 1. The second-order valence-electron chi connectivity index (χ2n) is 8.29. The van der Waals surface area contributed by atoms with E-state index < -0.39 is 45.2 Å². The molecule has 0 aliphatic carbocycles. The lowest BCUT2D eigenvalue weighted by atomic mass is 10.1. The second-order valence-corrected chi connectivity index (χ2v) is 10.7. The highest BCUT2D eigenvalue weighted by molar-refractivity contribution is 7.92. The van der Waals surface area contributed by atoms with Crippen LogP contribution in [0.1, 0.15) is 36.7 Å². The minimum Gasteiger partial charge on any atom is -0.497 e. The summed E-state index contributed by atoms with van der Waals surface area (Å²) in [7, 11) is -6.61. The van der Waals surface area contributed by atoms with Gasteiger partial charge >= 0.3 is 0 Å². The van der Waals surface area contributed by atoms with Crippen molar-refractivity contribution in [2.24, 2.45) is 0 Å². The fraction of sp³-hybridized carbons (Fsp3) is 0.478. The molecule has 0 saturated carbocycles. The van der Waals surface area contributed by atoms with Crippen LogP contribution in [0.15, 0.2) is 41.3 Å². The third kappa shape index (κ3) is 5.83. The number of nitrogens with zero attached hydrogens (tertiary/aromatic N) is 1. The van der Waals surface area contributed by atoms with Crippen molar-refractivity contribution < 1.29 is 36.0 Å². The monoisotopic (exact) mass is 499 g/mol. The molecule has 0 bridgehead atoms. The van der Waals surface area contributed by atoms with Crippen LogP contribution in [0.4, 0.5) is 4.39 Å². The number of hydrogen-bond donors (Lipinski definition) is 1. The number of benzene rings is 1. The fourth-order valence-corrected chi connectivity index (χ4v) is 4.32. The average Bonchev–Trinajstić information content (AvgIpc) is 2.82. The predicted octanol–water partition coefficient (Wildman–Crippen LogP) is 2.43. The highest BCUT2D eigenvalue weighted by Crippen LogP contribution is 2.25. The lowest BCUT2D eigenvalue weighted by Gasteiger charge is -2.28. The summed E-state index contributed by atoms with van der Waals surface area (Å²) in [5, 5.41) is 0. The Morgan fingerprint density at radius 1 is 1.35 bits per heavy atom. The maximum Gasteiger partial charge on any atom is 0.264 e. The number of halogens is 1. The number of aromatic nitrogens is 1. The zero-order valence-corrected chi connectivity index (χ0v) is 19.7. The minimum atomic E-state index is -3.97. The molecule has 2 aromatic rings. The Kier molecular flexibility index (Phi) is 6.82. The van der Waals surface area contributed by atoms with Gasteiger partial charge in [-0.3, -0.25) is 9.59 Å². The van der Waals surface area contributed by atoms with Gasteiger partial charge in [0.15, 0.2) is 20.9 Å². The molecule has 1 fully saturated rings. The zero-order chi connectivity index (χ0) is 27.4. The molecule has 34 heavy (non-hydrogen) atoms. The molecule has 1 saturated heterocycles. The number of hydrogen-bond acceptors (Lipinski definition) is 7. The van der Waals surface area contributed by atoms with Crippen LogP contribution in [-0.2, 0) is 30.8 Å². The van der Waals surface area contributed by atoms with E-state index in [1.54, 1.807) is 0 Å². The van der Waals surface area contributed by atoms with Gasteiger partial charge in [-0.05, 0) is 43.9 Å². The van der Waals surface area contributed by atoms with Gasteiger partial charge in [-0.15, -0.1) is 0 Å². The van der Waals surface area contributed by atoms with E-state index in [2.05, 4.69) is 5.48 Å². The maximum absolute atomic E-state index is 14.9. The van der Waals surface area contributed by atoms with Crippen LogP contribution in [0.25, 0.3) is 11.1 Å². The summed E-state index contributed by atoms with van der Waals surface area (Å²) in [5.41, 5.74) is 1.81. The summed E-state index contributed by atoms with van der Waals surface area (Å²) < 4.78 is 70.5. The lowest BCUT2D eigenvalue weighted by molar-refractivity contribution is -0.201. The molecule has 3 rings (SSSR count). The van der Waals surface area contributed by atoms with E-state index in [9.17, 15) is 22.4 Å². The average molecular weight is 500 g/mol. The van der Waals surface area contributed by atoms with E-state index in [0.717, 1.165) is 35.9 Å². The number of hydroxylamine groups is 1. The first-order chi connectivity index (χ1) is 17.2. The van der Waals surface area contributed by atoms with E-state index in [0.29, 0.717) is 18.6 Å². The number of methoxy groups -OCH3 is 1. The molecule has 0 radical (unpaired) electrons. The van der Waals surface area contributed by atoms with Gasteiger partial charge < -0.3 is 14.0 Å². The van der Waals surface area contributed by atoms with E-state index in [1.165, 1.54) is 31.2 Å². The number of rotatable bonds is 9. The predicted molar refractivity (Wildman–Crippen MR) is 123 cm³/mol. The minimum absolute atomic E-state index is 0.0359. The van der Waals surface area contributed by atoms with Gasteiger partial charge in [0.1, 0.15) is 11.6 Å². The highest BCUT2D eigenvalue weighted by atomic mass is 32.2. The first-order valence-corrected chi connectivity index (χ1v) is 12.6. The van der Waals surface area contributed by atoms with Crippen molar-refractivity contribution in [1.82, 2.24) is 10.0 Å². The van der Waals surface area contributed by atoms with Crippen LogP contribution in [0, 0.1) is 5.82 Å². The number of carbonyl (C=O) groups excluding carboxylic acids is 1. The number of nitrogens with one attached hydrogen (secondary N) is 1. The molecular formula is C23H29FN2O7S. The molecule has 1 aliphatic heterocycles. The summed E-state index contributed by atoms with van der Waals surface area (Å²) in [6.07, 6.45) is 3.07. The third-order valence-electron chi connectivity index (χ3n) is 5.91. The first-order valence-electron chi connectivity index (χ1n) is 12.2. The smallest absolute Gasteiger partial charge is 0.264 e. The molecule has 1 N–H and O–H groups in total.